The first-order valence-electron chi connectivity index (χ1n) is 17.2. The third-order valence-corrected chi connectivity index (χ3v) is 10.8. The van der Waals surface area contributed by atoms with Gasteiger partial charge in [0, 0.05) is 10.8 Å². The van der Waals surface area contributed by atoms with Crippen molar-refractivity contribution in [3.63, 3.8) is 0 Å². The van der Waals surface area contributed by atoms with Gasteiger partial charge >= 0.3 is 0 Å². The predicted molar refractivity (Wildman–Crippen MR) is 208 cm³/mol. The van der Waals surface area contributed by atoms with Crippen molar-refractivity contribution in [3.05, 3.63) is 163 Å². The van der Waals surface area contributed by atoms with Crippen LogP contribution in [0.15, 0.2) is 156 Å². The molecule has 1 heteroatoms. The van der Waals surface area contributed by atoms with Crippen LogP contribution in [0.2, 0.25) is 0 Å². The second-order valence-electron chi connectivity index (χ2n) is 13.5. The van der Waals surface area contributed by atoms with E-state index in [1.165, 1.54) is 98.2 Å². The zero-order valence-electron chi connectivity index (χ0n) is 26.8. The van der Waals surface area contributed by atoms with Gasteiger partial charge in [0.1, 0.15) is 11.0 Å². The van der Waals surface area contributed by atoms with E-state index in [1.807, 2.05) is 0 Å². The fourth-order valence-corrected chi connectivity index (χ4v) is 8.72. The third-order valence-electron chi connectivity index (χ3n) is 10.8. The molecule has 1 heterocycles. The summed E-state index contributed by atoms with van der Waals surface area (Å²) in [6, 6.07) is 56.1. The number of rotatable bonds is 3. The second kappa shape index (κ2) is 10.2. The summed E-state index contributed by atoms with van der Waals surface area (Å²) in [5.41, 5.74) is 11.0. The van der Waals surface area contributed by atoms with Crippen LogP contribution in [0, 0.1) is 0 Å². The Morgan fingerprint density at radius 2 is 1.04 bits per heavy atom. The summed E-state index contributed by atoms with van der Waals surface area (Å²) in [5.74, 6) is 0. The molecule has 49 heavy (non-hydrogen) atoms. The maximum Gasteiger partial charge on any atom is 0.136 e. The first kappa shape index (κ1) is 26.8. The first-order valence-corrected chi connectivity index (χ1v) is 17.2. The minimum Gasteiger partial charge on any atom is -0.456 e. The minimum atomic E-state index is 0.979. The third kappa shape index (κ3) is 3.87. The molecule has 0 aliphatic heterocycles. The van der Waals surface area contributed by atoms with Crippen LogP contribution >= 0.6 is 0 Å². The highest BCUT2D eigenvalue weighted by Gasteiger charge is 2.23. The molecule has 1 aliphatic rings. The maximum atomic E-state index is 6.40. The topological polar surface area (TPSA) is 13.1 Å². The molecule has 0 bridgehead atoms. The fourth-order valence-electron chi connectivity index (χ4n) is 8.72. The fraction of sp³-hybridized carbons (Fsp3) is 0.0417. The van der Waals surface area contributed by atoms with E-state index in [2.05, 4.69) is 158 Å². The van der Waals surface area contributed by atoms with Gasteiger partial charge in [0.15, 0.2) is 0 Å². The summed E-state index contributed by atoms with van der Waals surface area (Å²) in [7, 11) is 0. The number of hydrogen-bond donors (Lipinski definition) is 0. The molecule has 0 saturated heterocycles. The summed E-state index contributed by atoms with van der Waals surface area (Å²) in [6.07, 6.45) is 4.30. The number of aryl methyl sites for hydroxylation is 1. The minimum absolute atomic E-state index is 0.979. The smallest absolute Gasteiger partial charge is 0.136 e. The van der Waals surface area contributed by atoms with Gasteiger partial charge in [-0.2, -0.15) is 0 Å². The van der Waals surface area contributed by atoms with E-state index in [0.717, 1.165) is 23.8 Å². The molecule has 10 aromatic rings. The van der Waals surface area contributed by atoms with Gasteiger partial charge in [-0.05, 0) is 131 Å². The Morgan fingerprint density at radius 3 is 1.86 bits per heavy atom. The summed E-state index contributed by atoms with van der Waals surface area (Å²) in [4.78, 5) is 0. The van der Waals surface area contributed by atoms with Gasteiger partial charge in [-0.1, -0.05) is 127 Å². The van der Waals surface area contributed by atoms with Gasteiger partial charge in [0.25, 0.3) is 0 Å². The number of furan rings is 1. The van der Waals surface area contributed by atoms with E-state index in [4.69, 9.17) is 4.42 Å². The predicted octanol–water partition coefficient (Wildman–Crippen LogP) is 12.6. The Kier molecular flexibility index (Phi) is 5.57. The lowest BCUT2D eigenvalue weighted by atomic mass is 9.82. The quantitative estimate of drug-likeness (QED) is 0.141. The molecule has 1 nitrogen and oxygen atoms in total. The van der Waals surface area contributed by atoms with Crippen molar-refractivity contribution in [2.45, 2.75) is 12.8 Å². The van der Waals surface area contributed by atoms with Crippen LogP contribution in [-0.2, 0) is 6.42 Å². The van der Waals surface area contributed by atoms with Gasteiger partial charge in [-0.3, -0.25) is 0 Å². The van der Waals surface area contributed by atoms with Gasteiger partial charge in [-0.25, -0.2) is 0 Å². The molecule has 228 valence electrons. The zero-order chi connectivity index (χ0) is 32.1. The molecule has 0 N–H and O–H groups in total. The van der Waals surface area contributed by atoms with E-state index in [-0.39, 0.29) is 0 Å². The summed E-state index contributed by atoms with van der Waals surface area (Å²) in [5, 5.41) is 14.0. The van der Waals surface area contributed by atoms with Crippen LogP contribution in [0.4, 0.5) is 0 Å². The molecule has 0 saturated carbocycles. The first-order chi connectivity index (χ1) is 24.3. The number of hydrogen-bond acceptors (Lipinski definition) is 1. The standard InChI is InChI=1S/C48H30O/c1-2-14-35-29(10-1)22-23-32-26-31(24-25-36(32)35)30-11-7-12-33(27-30)45-37-15-3-5-17-39(37)47(40-18-6-4-16-38(40)45)42-28-34-13-8-20-43-46(34)48-41(42)19-9-21-44(48)49-43/h1-7,9-12,14-28H,8,13H2. The molecule has 0 spiro atoms. The molecule has 0 atom stereocenters. The van der Waals surface area contributed by atoms with Crippen LogP contribution in [0.25, 0.3) is 104 Å². The highest BCUT2D eigenvalue weighted by molar-refractivity contribution is 6.26. The number of benzene rings is 9. The van der Waals surface area contributed by atoms with Crippen molar-refractivity contribution in [1.29, 1.82) is 0 Å². The van der Waals surface area contributed by atoms with Crippen molar-refractivity contribution >= 4 is 70.9 Å². The van der Waals surface area contributed by atoms with E-state index in [1.54, 1.807) is 0 Å². The average Bonchev–Trinajstić information content (AvgIpc) is 3.56. The molecular formula is C48H30O. The van der Waals surface area contributed by atoms with Gasteiger partial charge < -0.3 is 4.42 Å². The van der Waals surface area contributed by atoms with Crippen LogP contribution < -0.4 is 5.42 Å². The molecule has 0 amide bonds. The zero-order valence-corrected chi connectivity index (χ0v) is 26.8. The maximum absolute atomic E-state index is 6.40. The van der Waals surface area contributed by atoms with E-state index in [9.17, 15) is 0 Å². The van der Waals surface area contributed by atoms with Gasteiger partial charge in [0.05, 0.1) is 0 Å². The Morgan fingerprint density at radius 1 is 0.408 bits per heavy atom. The van der Waals surface area contributed by atoms with E-state index >= 15 is 0 Å². The Labute approximate surface area is 283 Å². The normalized spacial score (nSPS) is 12.9. The number of fused-ring (bicyclic) bond motifs is 5. The van der Waals surface area contributed by atoms with Gasteiger partial charge in [0.2, 0.25) is 0 Å². The summed E-state index contributed by atoms with van der Waals surface area (Å²) >= 11 is 0. The second-order valence-corrected chi connectivity index (χ2v) is 13.5. The Bertz CT molecular complexity index is 2990. The molecule has 0 unspecified atom stereocenters. The average molecular weight is 623 g/mol. The van der Waals surface area contributed by atoms with E-state index in [0.29, 0.717) is 0 Å². The van der Waals surface area contributed by atoms with Crippen molar-refractivity contribution in [2.24, 2.45) is 0 Å². The lowest BCUT2D eigenvalue weighted by Crippen LogP contribution is -2.05. The van der Waals surface area contributed by atoms with E-state index < -0.39 is 0 Å². The highest BCUT2D eigenvalue weighted by Crippen LogP contribution is 2.47. The molecule has 0 fully saturated rings. The Balaban J connectivity index is 1.16. The van der Waals surface area contributed by atoms with Crippen molar-refractivity contribution in [1.82, 2.24) is 0 Å². The molecule has 1 aliphatic carbocycles. The highest BCUT2D eigenvalue weighted by atomic mass is 16.3. The van der Waals surface area contributed by atoms with Crippen molar-refractivity contribution in [3.8, 4) is 33.4 Å². The van der Waals surface area contributed by atoms with Crippen molar-refractivity contribution in [2.75, 3.05) is 0 Å². The summed E-state index contributed by atoms with van der Waals surface area (Å²) in [6.45, 7) is 0. The largest absolute Gasteiger partial charge is 0.456 e. The molecule has 11 rings (SSSR count). The molecule has 9 aromatic carbocycles. The Hall–Kier alpha value is -6.18. The van der Waals surface area contributed by atoms with Crippen LogP contribution in [-0.4, -0.2) is 0 Å². The van der Waals surface area contributed by atoms with Gasteiger partial charge in [-0.15, -0.1) is 0 Å². The van der Waals surface area contributed by atoms with Crippen molar-refractivity contribution < 1.29 is 4.42 Å². The van der Waals surface area contributed by atoms with Crippen LogP contribution in [0.1, 0.15) is 12.0 Å². The SMILES string of the molecule is C1=c2oc3cccc4c(-c5c6ccccc6c(-c6cccc(-c7ccc8c(ccc9ccccc98)c7)c6)c6ccccc56)cc(c2c34)CC1. The monoisotopic (exact) mass is 622 g/mol. The lowest BCUT2D eigenvalue weighted by Gasteiger charge is -2.20. The van der Waals surface area contributed by atoms with Crippen LogP contribution in [0.5, 0.6) is 0 Å². The molecule has 1 aromatic heterocycles. The summed E-state index contributed by atoms with van der Waals surface area (Å²) < 4.78 is 6.40. The lowest BCUT2D eigenvalue weighted by molar-refractivity contribution is 0.579. The molecular weight excluding hydrogens is 593 g/mol. The van der Waals surface area contributed by atoms with Crippen LogP contribution in [0.3, 0.4) is 0 Å². The molecule has 0 radical (unpaired) electrons.